The van der Waals surface area contributed by atoms with Crippen LogP contribution in [0.15, 0.2) is 54.6 Å². The van der Waals surface area contributed by atoms with Gasteiger partial charge in [-0.05, 0) is 24.3 Å². The molecule has 11 heteroatoms. The average Bonchev–Trinajstić information content (AvgIpc) is 2.99. The molecule has 1 atom stereocenters. The van der Waals surface area contributed by atoms with Crippen molar-refractivity contribution < 1.29 is 33.4 Å². The van der Waals surface area contributed by atoms with Gasteiger partial charge < -0.3 is 24.8 Å². The Labute approximate surface area is 236 Å². The zero-order chi connectivity index (χ0) is 29.1. The summed E-state index contributed by atoms with van der Waals surface area (Å²) < 4.78 is 26.3. The zero-order valence-corrected chi connectivity index (χ0v) is 22.8. The number of benzene rings is 2. The predicted octanol–water partition coefficient (Wildman–Crippen LogP) is 3.44. The third kappa shape index (κ3) is 5.63. The zero-order valence-electron chi connectivity index (χ0n) is 22.8. The Hall–Kier alpha value is -4.35. The van der Waals surface area contributed by atoms with E-state index in [1.54, 1.807) is 67.3 Å². The van der Waals surface area contributed by atoms with E-state index in [9.17, 15) is 18.8 Å². The highest BCUT2D eigenvalue weighted by molar-refractivity contribution is 5.98. The van der Waals surface area contributed by atoms with E-state index in [1.807, 2.05) is 0 Å². The summed E-state index contributed by atoms with van der Waals surface area (Å²) in [6.07, 6.45) is 0. The van der Waals surface area contributed by atoms with E-state index in [-0.39, 0.29) is 30.7 Å². The lowest BCUT2D eigenvalue weighted by molar-refractivity contribution is -0.128. The largest absolute Gasteiger partial charge is 0.435 e. The molecular formula is C30H31FN4O6. The Morgan fingerprint density at radius 3 is 2.49 bits per heavy atom. The Morgan fingerprint density at radius 1 is 1.05 bits per heavy atom. The van der Waals surface area contributed by atoms with Crippen LogP contribution in [-0.2, 0) is 9.53 Å². The number of hydrogen-bond acceptors (Lipinski definition) is 7. The van der Waals surface area contributed by atoms with Gasteiger partial charge in [0.05, 0.1) is 30.9 Å². The van der Waals surface area contributed by atoms with Gasteiger partial charge >= 0.3 is 6.03 Å². The summed E-state index contributed by atoms with van der Waals surface area (Å²) in [6.45, 7) is 5.17. The molecular weight excluding hydrogens is 531 g/mol. The van der Waals surface area contributed by atoms with E-state index in [4.69, 9.17) is 14.6 Å². The molecule has 0 saturated carbocycles. The Kier molecular flexibility index (Phi) is 8.00. The molecule has 4 amide bonds. The van der Waals surface area contributed by atoms with Crippen LogP contribution in [0.3, 0.4) is 0 Å². The maximum Gasteiger partial charge on any atom is 0.321 e. The molecule has 3 N–H and O–H groups in total. The normalized spacial score (nSPS) is 16.2. The van der Waals surface area contributed by atoms with Crippen LogP contribution in [0.25, 0.3) is 11.3 Å². The van der Waals surface area contributed by atoms with Crippen LogP contribution >= 0.6 is 0 Å². The van der Waals surface area contributed by atoms with E-state index in [2.05, 4.69) is 15.6 Å². The molecule has 0 spiro atoms. The first-order chi connectivity index (χ1) is 19.7. The lowest BCUT2D eigenvalue weighted by Gasteiger charge is -2.37. The molecule has 5 rings (SSSR count). The Morgan fingerprint density at radius 2 is 1.78 bits per heavy atom. The van der Waals surface area contributed by atoms with E-state index in [0.717, 1.165) is 5.56 Å². The van der Waals surface area contributed by atoms with Crippen molar-refractivity contribution in [2.24, 2.45) is 5.41 Å². The number of aromatic nitrogens is 1. The van der Waals surface area contributed by atoms with Gasteiger partial charge in [0.1, 0.15) is 0 Å². The third-order valence-corrected chi connectivity index (χ3v) is 7.37. The van der Waals surface area contributed by atoms with Crippen molar-refractivity contribution >= 4 is 17.8 Å². The minimum absolute atomic E-state index is 0.0112. The van der Waals surface area contributed by atoms with Gasteiger partial charge in [-0.15, -0.1) is 0 Å². The molecule has 41 heavy (non-hydrogen) atoms. The number of urea groups is 1. The SMILES string of the molecule is CC(C)(C(=O)NC(=O)NCCO)[C@@H]1c2ccc(-c3ccc(C(=O)N4CCOCC4)cc3)nc2Oc2c(F)cccc21. The van der Waals surface area contributed by atoms with E-state index in [1.165, 1.54) is 6.07 Å². The van der Waals surface area contributed by atoms with Crippen LogP contribution in [0.2, 0.25) is 0 Å². The fourth-order valence-electron chi connectivity index (χ4n) is 5.16. The number of amides is 4. The van der Waals surface area contributed by atoms with Crippen LogP contribution in [0.1, 0.15) is 41.3 Å². The van der Waals surface area contributed by atoms with Crippen molar-refractivity contribution in [3.63, 3.8) is 0 Å². The summed E-state index contributed by atoms with van der Waals surface area (Å²) in [5, 5.41) is 13.7. The van der Waals surface area contributed by atoms with Gasteiger partial charge in [0, 0.05) is 47.8 Å². The lowest BCUT2D eigenvalue weighted by atomic mass is 9.69. The maximum atomic E-state index is 15.0. The van der Waals surface area contributed by atoms with Gasteiger partial charge in [0.2, 0.25) is 11.8 Å². The van der Waals surface area contributed by atoms with E-state index in [0.29, 0.717) is 48.7 Å². The number of carbonyl (C=O) groups is 3. The third-order valence-electron chi connectivity index (χ3n) is 7.37. The summed E-state index contributed by atoms with van der Waals surface area (Å²) in [5.74, 6) is -1.85. The molecule has 1 fully saturated rings. The highest BCUT2D eigenvalue weighted by Crippen LogP contribution is 2.52. The molecule has 0 unspecified atom stereocenters. The number of morpholine rings is 1. The number of ether oxygens (including phenoxy) is 2. The molecule has 0 aliphatic carbocycles. The molecule has 1 saturated heterocycles. The van der Waals surface area contributed by atoms with Gasteiger partial charge in [0.25, 0.3) is 5.91 Å². The van der Waals surface area contributed by atoms with Crippen molar-refractivity contribution in [1.29, 1.82) is 0 Å². The second-order valence-electron chi connectivity index (χ2n) is 10.4. The first-order valence-electron chi connectivity index (χ1n) is 13.4. The summed E-state index contributed by atoms with van der Waals surface area (Å²) in [4.78, 5) is 44.7. The minimum Gasteiger partial charge on any atom is -0.435 e. The lowest BCUT2D eigenvalue weighted by Crippen LogP contribution is -2.48. The number of nitrogens with zero attached hydrogens (tertiary/aromatic N) is 2. The van der Waals surface area contributed by atoms with Crippen molar-refractivity contribution in [2.75, 3.05) is 39.5 Å². The second-order valence-corrected chi connectivity index (χ2v) is 10.4. The molecule has 10 nitrogen and oxygen atoms in total. The first-order valence-corrected chi connectivity index (χ1v) is 13.4. The van der Waals surface area contributed by atoms with Gasteiger partial charge in [-0.25, -0.2) is 14.2 Å². The second kappa shape index (κ2) is 11.6. The highest BCUT2D eigenvalue weighted by Gasteiger charge is 2.45. The van der Waals surface area contributed by atoms with Crippen LogP contribution in [-0.4, -0.2) is 72.3 Å². The predicted molar refractivity (Wildman–Crippen MR) is 147 cm³/mol. The molecule has 2 aliphatic heterocycles. The highest BCUT2D eigenvalue weighted by atomic mass is 19.1. The number of aliphatic hydroxyl groups excluding tert-OH is 1. The number of pyridine rings is 1. The van der Waals surface area contributed by atoms with Crippen molar-refractivity contribution in [3.05, 3.63) is 77.1 Å². The molecule has 0 bridgehead atoms. The summed E-state index contributed by atoms with van der Waals surface area (Å²) in [6, 6.07) is 14.4. The van der Waals surface area contributed by atoms with Crippen molar-refractivity contribution in [3.8, 4) is 22.9 Å². The van der Waals surface area contributed by atoms with Crippen LogP contribution in [0.4, 0.5) is 9.18 Å². The number of carbonyl (C=O) groups excluding carboxylic acids is 3. The van der Waals surface area contributed by atoms with E-state index >= 15 is 0 Å². The quantitative estimate of drug-likeness (QED) is 0.420. The molecule has 3 heterocycles. The van der Waals surface area contributed by atoms with Crippen molar-refractivity contribution in [2.45, 2.75) is 19.8 Å². The number of rotatable bonds is 6. The van der Waals surface area contributed by atoms with Crippen molar-refractivity contribution in [1.82, 2.24) is 20.5 Å². The summed E-state index contributed by atoms with van der Waals surface area (Å²) in [7, 11) is 0. The van der Waals surface area contributed by atoms with Crippen LogP contribution in [0, 0.1) is 11.2 Å². The molecule has 2 aliphatic rings. The number of imide groups is 1. The first kappa shape index (κ1) is 28.2. The Bertz CT molecular complexity index is 1470. The Balaban J connectivity index is 1.46. The number of para-hydroxylation sites is 1. The van der Waals surface area contributed by atoms with Crippen LogP contribution < -0.4 is 15.4 Å². The monoisotopic (exact) mass is 562 g/mol. The van der Waals surface area contributed by atoms with Crippen LogP contribution in [0.5, 0.6) is 11.6 Å². The number of fused-ring (bicyclic) bond motifs is 2. The molecule has 1 aromatic heterocycles. The standard InChI is InChI=1S/C30H31FN4O6/c1-30(2,28(38)34-29(39)32-12-15-36)24-20-4-3-5-22(31)25(20)41-26-21(24)10-11-23(33-26)18-6-8-19(9-7-18)27(37)35-13-16-40-17-14-35/h3-11,24,36H,12-17H2,1-2H3,(H2,32,34,38,39)/t24-/m0/s1. The smallest absolute Gasteiger partial charge is 0.321 e. The summed E-state index contributed by atoms with van der Waals surface area (Å²) >= 11 is 0. The van der Waals surface area contributed by atoms with E-state index < -0.39 is 29.1 Å². The number of halogens is 1. The van der Waals surface area contributed by atoms with Gasteiger partial charge in [-0.3, -0.25) is 14.9 Å². The summed E-state index contributed by atoms with van der Waals surface area (Å²) in [5.41, 5.74) is 1.59. The fourth-order valence-corrected chi connectivity index (χ4v) is 5.16. The number of hydrogen-bond donors (Lipinski definition) is 3. The van der Waals surface area contributed by atoms with Gasteiger partial charge in [-0.2, -0.15) is 0 Å². The number of aliphatic hydroxyl groups is 1. The van der Waals surface area contributed by atoms with Gasteiger partial charge in [-0.1, -0.05) is 44.2 Å². The van der Waals surface area contributed by atoms with Gasteiger partial charge in [0.15, 0.2) is 11.6 Å². The molecule has 2 aromatic carbocycles. The molecule has 3 aromatic rings. The minimum atomic E-state index is -1.23. The maximum absolute atomic E-state index is 15.0. The number of nitrogens with one attached hydrogen (secondary N) is 2. The topological polar surface area (TPSA) is 130 Å². The fraction of sp³-hybridized carbons (Fsp3) is 0.333. The average molecular weight is 563 g/mol. The molecule has 214 valence electrons. The molecule has 0 radical (unpaired) electrons.